The van der Waals surface area contributed by atoms with Crippen LogP contribution in [0.2, 0.25) is 0 Å². The fraction of sp³-hybridized carbons (Fsp3) is 0.0909. The highest BCUT2D eigenvalue weighted by molar-refractivity contribution is 5.96. The minimum absolute atomic E-state index is 0.140. The van der Waals surface area contributed by atoms with E-state index < -0.39 is 10.8 Å². The molecule has 0 radical (unpaired) electrons. The second kappa shape index (κ2) is 6.30. The molecule has 1 aromatic heterocycles. The molecule has 3 N–H and O–H groups in total. The van der Waals surface area contributed by atoms with Crippen molar-refractivity contribution in [3.8, 4) is 5.75 Å². The van der Waals surface area contributed by atoms with E-state index in [-0.39, 0.29) is 17.2 Å². The van der Waals surface area contributed by atoms with Gasteiger partial charge in [0.15, 0.2) is 0 Å². The van der Waals surface area contributed by atoms with Gasteiger partial charge in [-0.1, -0.05) is 0 Å². The van der Waals surface area contributed by atoms with E-state index in [0.29, 0.717) is 11.3 Å². The number of nitrogens with zero attached hydrogens (tertiary/aromatic N) is 4. The van der Waals surface area contributed by atoms with Crippen LogP contribution in [-0.4, -0.2) is 34.5 Å². The molecule has 11 nitrogen and oxygen atoms in total. The van der Waals surface area contributed by atoms with Gasteiger partial charge in [0.05, 0.1) is 18.2 Å². The Balaban J connectivity index is 2.15. The third kappa shape index (κ3) is 3.15. The van der Waals surface area contributed by atoms with Crippen LogP contribution in [0.15, 0.2) is 27.9 Å². The number of rotatable bonds is 5. The quantitative estimate of drug-likeness (QED) is 0.454. The predicted molar refractivity (Wildman–Crippen MR) is 73.4 cm³/mol. The first-order valence-corrected chi connectivity index (χ1v) is 5.76. The van der Waals surface area contributed by atoms with Crippen molar-refractivity contribution >= 4 is 23.6 Å². The van der Waals surface area contributed by atoms with Gasteiger partial charge in [0.25, 0.3) is 11.6 Å². The topological polar surface area (TPSA) is 159 Å². The summed E-state index contributed by atoms with van der Waals surface area (Å²) in [6, 6.07) is 3.96. The van der Waals surface area contributed by atoms with Gasteiger partial charge in [-0.25, -0.2) is 10.1 Å². The van der Waals surface area contributed by atoms with Crippen molar-refractivity contribution < 1.29 is 19.1 Å². The number of hydrogen-bond donors (Lipinski definition) is 2. The van der Waals surface area contributed by atoms with Gasteiger partial charge >= 0.3 is 0 Å². The molecule has 0 saturated heterocycles. The van der Waals surface area contributed by atoms with E-state index in [1.807, 2.05) is 0 Å². The Bertz CT molecular complexity index is 740. The summed E-state index contributed by atoms with van der Waals surface area (Å²) in [6.07, 6.45) is 1.19. The number of anilines is 1. The molecule has 0 unspecified atom stereocenters. The monoisotopic (exact) mass is 306 g/mol. The van der Waals surface area contributed by atoms with Crippen LogP contribution in [0.25, 0.3) is 0 Å². The number of nitro groups is 1. The molecule has 2 rings (SSSR count). The zero-order valence-corrected chi connectivity index (χ0v) is 11.2. The van der Waals surface area contributed by atoms with Gasteiger partial charge in [-0.2, -0.15) is 5.10 Å². The zero-order chi connectivity index (χ0) is 16.1. The lowest BCUT2D eigenvalue weighted by atomic mass is 10.2. The van der Waals surface area contributed by atoms with Crippen molar-refractivity contribution in [1.82, 2.24) is 15.7 Å². The number of aromatic nitrogens is 2. The van der Waals surface area contributed by atoms with Gasteiger partial charge in [-0.3, -0.25) is 14.9 Å². The lowest BCUT2D eigenvalue weighted by molar-refractivity contribution is -0.384. The third-order valence-electron chi connectivity index (χ3n) is 2.52. The van der Waals surface area contributed by atoms with Crippen molar-refractivity contribution in [3.63, 3.8) is 0 Å². The standard InChI is InChI=1S/C11H10N6O5/c1-21-8-3-2-7(17(19)20)4-6(8)5-13-14-11(18)9-10(12)16-22-15-9/h2-5H,1H3,(H2,12,16)(H,14,18)/b13-5+. The second-order valence-electron chi connectivity index (χ2n) is 3.88. The molecule has 1 amide bonds. The lowest BCUT2D eigenvalue weighted by Crippen LogP contribution is -2.19. The minimum atomic E-state index is -0.737. The van der Waals surface area contributed by atoms with Crippen LogP contribution >= 0.6 is 0 Å². The Morgan fingerprint density at radius 2 is 2.32 bits per heavy atom. The van der Waals surface area contributed by atoms with Crippen LogP contribution in [-0.2, 0) is 0 Å². The number of amides is 1. The van der Waals surface area contributed by atoms with Crippen LogP contribution in [0.3, 0.4) is 0 Å². The summed E-state index contributed by atoms with van der Waals surface area (Å²) < 4.78 is 9.32. The van der Waals surface area contributed by atoms with Crippen LogP contribution in [0, 0.1) is 10.1 Å². The normalized spacial score (nSPS) is 10.6. The first kappa shape index (κ1) is 14.9. The number of carbonyl (C=O) groups is 1. The third-order valence-corrected chi connectivity index (χ3v) is 2.52. The fourth-order valence-electron chi connectivity index (χ4n) is 1.50. The molecule has 2 aromatic rings. The largest absolute Gasteiger partial charge is 0.496 e. The first-order chi connectivity index (χ1) is 10.5. The van der Waals surface area contributed by atoms with E-state index in [9.17, 15) is 14.9 Å². The number of nitrogen functional groups attached to an aromatic ring is 1. The van der Waals surface area contributed by atoms with Gasteiger partial charge in [-0.15, -0.1) is 0 Å². The molecule has 0 aliphatic rings. The van der Waals surface area contributed by atoms with E-state index in [0.717, 1.165) is 0 Å². The Hall–Kier alpha value is -3.50. The number of methoxy groups -OCH3 is 1. The van der Waals surface area contributed by atoms with E-state index in [1.165, 1.54) is 31.5 Å². The van der Waals surface area contributed by atoms with Crippen molar-refractivity contribution in [2.24, 2.45) is 5.10 Å². The summed E-state index contributed by atoms with van der Waals surface area (Å²) in [5, 5.41) is 20.9. The van der Waals surface area contributed by atoms with Gasteiger partial charge < -0.3 is 10.5 Å². The number of hydrazone groups is 1. The summed E-state index contributed by atoms with van der Waals surface area (Å²) in [5.41, 5.74) is 7.43. The molecular formula is C11H10N6O5. The number of benzene rings is 1. The highest BCUT2D eigenvalue weighted by Gasteiger charge is 2.15. The van der Waals surface area contributed by atoms with E-state index in [4.69, 9.17) is 10.5 Å². The smallest absolute Gasteiger partial charge is 0.297 e. The second-order valence-corrected chi connectivity index (χ2v) is 3.88. The van der Waals surface area contributed by atoms with Crippen LogP contribution in [0.5, 0.6) is 5.75 Å². The Kier molecular flexibility index (Phi) is 4.27. The number of carbonyl (C=O) groups excluding carboxylic acids is 1. The Morgan fingerprint density at radius 1 is 1.55 bits per heavy atom. The average Bonchev–Trinajstić information content (AvgIpc) is 2.93. The zero-order valence-electron chi connectivity index (χ0n) is 11.2. The number of nitro benzene ring substituents is 1. The molecule has 11 heteroatoms. The van der Waals surface area contributed by atoms with Crippen molar-refractivity contribution in [1.29, 1.82) is 0 Å². The highest BCUT2D eigenvalue weighted by Crippen LogP contribution is 2.22. The van der Waals surface area contributed by atoms with Crippen molar-refractivity contribution in [2.45, 2.75) is 0 Å². The molecule has 0 bridgehead atoms. The number of nitrogens with two attached hydrogens (primary N) is 1. The SMILES string of the molecule is COc1ccc([N+](=O)[O-])cc1/C=N/NC(=O)c1nonc1N. The number of nitrogens with one attached hydrogen (secondary N) is 1. The number of ether oxygens (including phenoxy) is 1. The lowest BCUT2D eigenvalue weighted by Gasteiger charge is -2.03. The van der Waals surface area contributed by atoms with E-state index in [2.05, 4.69) is 25.5 Å². The van der Waals surface area contributed by atoms with Crippen LogP contribution in [0.4, 0.5) is 11.5 Å². The van der Waals surface area contributed by atoms with Gasteiger partial charge in [0.2, 0.25) is 11.5 Å². The molecule has 0 spiro atoms. The molecule has 0 atom stereocenters. The first-order valence-electron chi connectivity index (χ1n) is 5.76. The summed E-state index contributed by atoms with van der Waals surface area (Å²) in [5.74, 6) is -0.564. The number of hydrogen-bond acceptors (Lipinski definition) is 9. The highest BCUT2D eigenvalue weighted by atomic mass is 16.6. The summed E-state index contributed by atoms with van der Waals surface area (Å²) in [6.45, 7) is 0. The molecular weight excluding hydrogens is 296 g/mol. The summed E-state index contributed by atoms with van der Waals surface area (Å²) in [4.78, 5) is 21.8. The number of non-ortho nitro benzene ring substituents is 1. The fourth-order valence-corrected chi connectivity index (χ4v) is 1.50. The average molecular weight is 306 g/mol. The molecule has 0 aliphatic heterocycles. The maximum absolute atomic E-state index is 11.6. The van der Waals surface area contributed by atoms with Gasteiger partial charge in [0, 0.05) is 17.7 Å². The molecule has 22 heavy (non-hydrogen) atoms. The summed E-state index contributed by atoms with van der Waals surface area (Å²) >= 11 is 0. The minimum Gasteiger partial charge on any atom is -0.496 e. The molecule has 114 valence electrons. The van der Waals surface area contributed by atoms with E-state index >= 15 is 0 Å². The van der Waals surface area contributed by atoms with Gasteiger partial charge in [-0.05, 0) is 16.4 Å². The molecule has 0 fully saturated rings. The maximum Gasteiger partial charge on any atom is 0.297 e. The van der Waals surface area contributed by atoms with Gasteiger partial charge in [0.1, 0.15) is 5.75 Å². The van der Waals surface area contributed by atoms with Crippen LogP contribution in [0.1, 0.15) is 16.1 Å². The Morgan fingerprint density at radius 3 is 2.91 bits per heavy atom. The maximum atomic E-state index is 11.6. The van der Waals surface area contributed by atoms with Crippen molar-refractivity contribution in [2.75, 3.05) is 12.8 Å². The van der Waals surface area contributed by atoms with E-state index in [1.54, 1.807) is 0 Å². The molecule has 0 aliphatic carbocycles. The molecule has 1 aromatic carbocycles. The van der Waals surface area contributed by atoms with Crippen LogP contribution < -0.4 is 15.9 Å². The Labute approximate surface area is 122 Å². The molecule has 0 saturated carbocycles. The molecule has 1 heterocycles. The summed E-state index contributed by atoms with van der Waals surface area (Å²) in [7, 11) is 1.40. The predicted octanol–water partition coefficient (Wildman–Crippen LogP) is 0.332. The van der Waals surface area contributed by atoms with Crippen molar-refractivity contribution in [3.05, 3.63) is 39.6 Å².